The number of methoxy groups -OCH3 is 1. The van der Waals surface area contributed by atoms with E-state index in [0.29, 0.717) is 16.6 Å². The normalized spacial score (nSPS) is 17.9. The molecule has 1 heterocycles. The molecule has 1 fully saturated rings. The molecule has 2 aromatic rings. The van der Waals surface area contributed by atoms with E-state index in [4.69, 9.17) is 4.74 Å². The second kappa shape index (κ2) is 8.48. The van der Waals surface area contributed by atoms with Crippen LogP contribution < -0.4 is 10.1 Å². The molecule has 1 atom stereocenters. The fraction of sp³-hybridized carbons (Fsp3) is 0.286. The first-order chi connectivity index (χ1) is 13.4. The van der Waals surface area contributed by atoms with Gasteiger partial charge in [0.1, 0.15) is 11.0 Å². The van der Waals surface area contributed by atoms with Crippen LogP contribution in [0.5, 0.6) is 5.75 Å². The Morgan fingerprint density at radius 2 is 1.96 bits per heavy atom. The SMILES string of the molecule is COc1ccccc1NC(=O)C[C@H]1SC(=Nc2ccc(C)c(C)c2)N(C)C1=O. The van der Waals surface area contributed by atoms with E-state index in [9.17, 15) is 9.59 Å². The summed E-state index contributed by atoms with van der Waals surface area (Å²) in [6, 6.07) is 13.1. The van der Waals surface area contributed by atoms with Crippen LogP contribution in [-0.4, -0.2) is 41.3 Å². The quantitative estimate of drug-likeness (QED) is 0.831. The first kappa shape index (κ1) is 19.9. The Balaban J connectivity index is 1.70. The van der Waals surface area contributed by atoms with Crippen LogP contribution in [0.25, 0.3) is 0 Å². The molecule has 6 nitrogen and oxygen atoms in total. The number of ether oxygens (including phenoxy) is 1. The zero-order chi connectivity index (χ0) is 20.3. The number of hydrogen-bond acceptors (Lipinski definition) is 5. The predicted molar refractivity (Wildman–Crippen MR) is 113 cm³/mol. The third-order valence-electron chi connectivity index (χ3n) is 4.61. The van der Waals surface area contributed by atoms with E-state index in [2.05, 4.69) is 10.3 Å². The van der Waals surface area contributed by atoms with Crippen molar-refractivity contribution in [1.82, 2.24) is 4.90 Å². The van der Waals surface area contributed by atoms with E-state index in [0.717, 1.165) is 11.3 Å². The lowest BCUT2D eigenvalue weighted by atomic mass is 10.1. The van der Waals surface area contributed by atoms with Gasteiger partial charge in [-0.15, -0.1) is 0 Å². The molecule has 7 heteroatoms. The van der Waals surface area contributed by atoms with Crippen LogP contribution in [0.2, 0.25) is 0 Å². The van der Waals surface area contributed by atoms with Crippen LogP contribution in [-0.2, 0) is 9.59 Å². The summed E-state index contributed by atoms with van der Waals surface area (Å²) in [6.45, 7) is 4.07. The third kappa shape index (κ3) is 4.36. The summed E-state index contributed by atoms with van der Waals surface area (Å²) in [6.07, 6.45) is 0.0673. The Hall–Kier alpha value is -2.80. The minimum atomic E-state index is -0.495. The largest absolute Gasteiger partial charge is 0.495 e. The molecule has 0 saturated carbocycles. The van der Waals surface area contributed by atoms with Gasteiger partial charge in [0.15, 0.2) is 5.17 Å². The van der Waals surface area contributed by atoms with Crippen molar-refractivity contribution in [2.45, 2.75) is 25.5 Å². The van der Waals surface area contributed by atoms with Gasteiger partial charge in [-0.1, -0.05) is 30.0 Å². The first-order valence-corrected chi connectivity index (χ1v) is 9.80. The highest BCUT2D eigenvalue weighted by Crippen LogP contribution is 2.31. The average Bonchev–Trinajstić information content (AvgIpc) is 2.93. The number of amides is 2. The lowest BCUT2D eigenvalue weighted by Gasteiger charge is -2.11. The predicted octanol–water partition coefficient (Wildman–Crippen LogP) is 3.90. The van der Waals surface area contributed by atoms with Crippen LogP contribution in [0.15, 0.2) is 47.5 Å². The number of aliphatic imine (C=N–C) groups is 1. The molecular formula is C21H23N3O3S. The Morgan fingerprint density at radius 1 is 1.21 bits per heavy atom. The van der Waals surface area contributed by atoms with Crippen LogP contribution in [0.4, 0.5) is 11.4 Å². The highest BCUT2D eigenvalue weighted by molar-refractivity contribution is 8.15. The van der Waals surface area contributed by atoms with Gasteiger partial charge in [0.25, 0.3) is 0 Å². The minimum absolute atomic E-state index is 0.0673. The van der Waals surface area contributed by atoms with E-state index in [1.165, 1.54) is 22.2 Å². The first-order valence-electron chi connectivity index (χ1n) is 8.92. The molecule has 2 aromatic carbocycles. The van der Waals surface area contributed by atoms with Gasteiger partial charge in [-0.3, -0.25) is 14.5 Å². The number of amidine groups is 1. The molecule has 0 radical (unpaired) electrons. The number of nitrogens with zero attached hydrogens (tertiary/aromatic N) is 2. The second-order valence-electron chi connectivity index (χ2n) is 6.62. The maximum atomic E-state index is 12.6. The molecule has 0 bridgehead atoms. The van der Waals surface area contributed by atoms with Gasteiger partial charge < -0.3 is 10.1 Å². The lowest BCUT2D eigenvalue weighted by Crippen LogP contribution is -2.30. The van der Waals surface area contributed by atoms with E-state index in [-0.39, 0.29) is 18.2 Å². The van der Waals surface area contributed by atoms with Gasteiger partial charge >= 0.3 is 0 Å². The molecule has 28 heavy (non-hydrogen) atoms. The number of carbonyl (C=O) groups is 2. The summed E-state index contributed by atoms with van der Waals surface area (Å²) in [7, 11) is 3.24. The molecule has 146 valence electrons. The van der Waals surface area contributed by atoms with Crippen molar-refractivity contribution in [1.29, 1.82) is 0 Å². The van der Waals surface area contributed by atoms with Crippen molar-refractivity contribution in [2.24, 2.45) is 4.99 Å². The molecule has 3 rings (SSSR count). The number of aryl methyl sites for hydroxylation is 2. The molecule has 0 unspecified atom stereocenters. The summed E-state index contributed by atoms with van der Waals surface area (Å²) in [5.74, 6) is 0.217. The maximum Gasteiger partial charge on any atom is 0.242 e. The Morgan fingerprint density at radius 3 is 2.68 bits per heavy atom. The fourth-order valence-electron chi connectivity index (χ4n) is 2.82. The molecular weight excluding hydrogens is 374 g/mol. The van der Waals surface area contributed by atoms with Crippen LogP contribution in [0, 0.1) is 13.8 Å². The maximum absolute atomic E-state index is 12.6. The molecule has 1 saturated heterocycles. The zero-order valence-electron chi connectivity index (χ0n) is 16.4. The Bertz CT molecular complexity index is 942. The monoisotopic (exact) mass is 397 g/mol. The van der Waals surface area contributed by atoms with Crippen LogP contribution in [0.3, 0.4) is 0 Å². The van der Waals surface area contributed by atoms with Gasteiger partial charge in [0.05, 0.1) is 18.5 Å². The second-order valence-corrected chi connectivity index (χ2v) is 7.79. The highest BCUT2D eigenvalue weighted by Gasteiger charge is 2.37. The number of benzene rings is 2. The molecule has 1 N–H and O–H groups in total. The van der Waals surface area contributed by atoms with Crippen molar-refractivity contribution >= 4 is 40.1 Å². The number of para-hydroxylation sites is 2. The van der Waals surface area contributed by atoms with Crippen molar-refractivity contribution in [3.8, 4) is 5.75 Å². The number of hydrogen-bond donors (Lipinski definition) is 1. The van der Waals surface area contributed by atoms with Crippen molar-refractivity contribution in [3.05, 3.63) is 53.6 Å². The Kier molecular flexibility index (Phi) is 6.04. The smallest absolute Gasteiger partial charge is 0.242 e. The molecule has 0 aromatic heterocycles. The summed E-state index contributed by atoms with van der Waals surface area (Å²) in [5, 5.41) is 2.92. The van der Waals surface area contributed by atoms with Gasteiger partial charge in [0, 0.05) is 13.5 Å². The van der Waals surface area contributed by atoms with E-state index in [1.54, 1.807) is 26.3 Å². The number of anilines is 1. The van der Waals surface area contributed by atoms with Gasteiger partial charge in [-0.05, 0) is 49.2 Å². The standard InChI is InChI=1S/C21H23N3O3S/c1-13-9-10-15(11-14(13)2)22-21-24(3)20(26)18(28-21)12-19(25)23-16-7-5-6-8-17(16)27-4/h5-11,18H,12H2,1-4H3,(H,23,25)/t18-/m1/s1. The van der Waals surface area contributed by atoms with E-state index >= 15 is 0 Å². The number of rotatable bonds is 5. The van der Waals surface area contributed by atoms with Gasteiger partial charge in [-0.25, -0.2) is 4.99 Å². The topological polar surface area (TPSA) is 71.0 Å². The summed E-state index contributed by atoms with van der Waals surface area (Å²) >= 11 is 1.31. The average molecular weight is 398 g/mol. The number of nitrogens with one attached hydrogen (secondary N) is 1. The van der Waals surface area contributed by atoms with Crippen molar-refractivity contribution < 1.29 is 14.3 Å². The summed E-state index contributed by atoms with van der Waals surface area (Å²) in [4.78, 5) is 31.1. The molecule has 0 spiro atoms. The summed E-state index contributed by atoms with van der Waals surface area (Å²) in [5.41, 5.74) is 3.72. The molecule has 1 aliphatic heterocycles. The highest BCUT2D eigenvalue weighted by atomic mass is 32.2. The summed E-state index contributed by atoms with van der Waals surface area (Å²) < 4.78 is 5.24. The molecule has 0 aliphatic carbocycles. The van der Waals surface area contributed by atoms with Crippen molar-refractivity contribution in [3.63, 3.8) is 0 Å². The zero-order valence-corrected chi connectivity index (χ0v) is 17.2. The van der Waals surface area contributed by atoms with Gasteiger partial charge in [-0.2, -0.15) is 0 Å². The van der Waals surface area contributed by atoms with Crippen LogP contribution in [0.1, 0.15) is 17.5 Å². The number of thioether (sulfide) groups is 1. The fourth-order valence-corrected chi connectivity index (χ4v) is 3.97. The minimum Gasteiger partial charge on any atom is -0.495 e. The third-order valence-corrected chi connectivity index (χ3v) is 5.84. The Labute approximate surface area is 169 Å². The van der Waals surface area contributed by atoms with E-state index < -0.39 is 5.25 Å². The molecule has 2 amide bonds. The molecule has 1 aliphatic rings. The van der Waals surface area contributed by atoms with Gasteiger partial charge in [0.2, 0.25) is 11.8 Å². The van der Waals surface area contributed by atoms with Crippen LogP contribution >= 0.6 is 11.8 Å². The number of carbonyl (C=O) groups excluding carboxylic acids is 2. The van der Waals surface area contributed by atoms with Crippen molar-refractivity contribution in [2.75, 3.05) is 19.5 Å². The lowest BCUT2D eigenvalue weighted by molar-refractivity contribution is -0.127. The van der Waals surface area contributed by atoms with E-state index in [1.807, 2.05) is 44.2 Å².